The van der Waals surface area contributed by atoms with Crippen molar-refractivity contribution in [2.75, 3.05) is 11.1 Å². The molecule has 0 aliphatic carbocycles. The van der Waals surface area contributed by atoms with Crippen LogP contribution < -0.4 is 11.1 Å². The lowest BCUT2D eigenvalue weighted by Crippen LogP contribution is -1.94. The molecule has 0 saturated heterocycles. The average Bonchev–Trinajstić information content (AvgIpc) is 2.75. The molecule has 0 aliphatic heterocycles. The van der Waals surface area contributed by atoms with Gasteiger partial charge < -0.3 is 11.1 Å². The molecule has 172 valence electrons. The summed E-state index contributed by atoms with van der Waals surface area (Å²) < 4.78 is 25.2. The lowest BCUT2D eigenvalue weighted by atomic mass is 10.3. The summed E-state index contributed by atoms with van der Waals surface area (Å²) in [6, 6.07) is 11.6. The molecule has 4 aromatic rings. The normalized spacial score (nSPS) is 9.79. The highest BCUT2D eigenvalue weighted by Crippen LogP contribution is 2.22. The summed E-state index contributed by atoms with van der Waals surface area (Å²) in [5, 5.41) is 3.72. The van der Waals surface area contributed by atoms with Gasteiger partial charge in [-0.25, -0.2) is 28.7 Å². The maximum atomic E-state index is 12.9. The van der Waals surface area contributed by atoms with Gasteiger partial charge in [0, 0.05) is 23.8 Å². The van der Waals surface area contributed by atoms with Crippen LogP contribution in [0, 0.1) is 11.6 Å². The summed E-state index contributed by atoms with van der Waals surface area (Å²) in [6.45, 7) is 0. The molecule has 0 bridgehead atoms. The lowest BCUT2D eigenvalue weighted by Gasteiger charge is -2.05. The van der Waals surface area contributed by atoms with Crippen LogP contribution in [0.5, 0.6) is 0 Å². The molecule has 0 atom stereocenters. The summed E-state index contributed by atoms with van der Waals surface area (Å²) in [7, 11) is 0. The molecule has 2 aromatic heterocycles. The molecule has 0 unspecified atom stereocenters. The number of hydrogen-bond acceptors (Lipinski definition) is 6. The van der Waals surface area contributed by atoms with Gasteiger partial charge in [0.25, 0.3) is 0 Å². The smallest absolute Gasteiger partial charge is 0.224 e. The number of nitrogens with one attached hydrogen (secondary N) is 1. The zero-order valence-corrected chi connectivity index (χ0v) is 20.1. The molecular weight excluding hydrogens is 540 g/mol. The molecule has 4 rings (SSSR count). The van der Waals surface area contributed by atoms with Gasteiger partial charge in [-0.2, -0.15) is 0 Å². The third-order valence-corrected chi connectivity index (χ3v) is 4.51. The second-order valence-corrected chi connectivity index (χ2v) is 7.66. The van der Waals surface area contributed by atoms with Gasteiger partial charge >= 0.3 is 0 Å². The molecule has 2 aromatic carbocycles. The molecule has 33 heavy (non-hydrogen) atoms. The molecule has 0 saturated carbocycles. The second-order valence-electron chi connectivity index (χ2n) is 5.79. The van der Waals surface area contributed by atoms with Gasteiger partial charge in [0.1, 0.15) is 22.6 Å². The van der Waals surface area contributed by atoms with Gasteiger partial charge in [0.05, 0.1) is 10.0 Å². The Morgan fingerprint density at radius 3 is 1.76 bits per heavy atom. The Kier molecular flexibility index (Phi) is 10.8. The van der Waals surface area contributed by atoms with Gasteiger partial charge in [0.2, 0.25) is 10.6 Å². The number of hydrogen-bond donors (Lipinski definition) is 2. The summed E-state index contributed by atoms with van der Waals surface area (Å²) in [5.41, 5.74) is 6.38. The van der Waals surface area contributed by atoms with Crippen molar-refractivity contribution in [1.29, 1.82) is 0 Å². The molecule has 0 radical (unpaired) electrons. The minimum Gasteiger partial charge on any atom is -0.399 e. The number of rotatable bonds is 2. The molecule has 3 N–H and O–H groups in total. The number of nitrogens with two attached hydrogens (primary N) is 1. The van der Waals surface area contributed by atoms with Crippen LogP contribution >= 0.6 is 58.0 Å². The first-order valence-electron chi connectivity index (χ1n) is 8.69. The van der Waals surface area contributed by atoms with E-state index in [1.165, 1.54) is 42.7 Å². The lowest BCUT2D eigenvalue weighted by molar-refractivity contribution is 0.628. The maximum absolute atomic E-state index is 12.9. The zero-order valence-electron chi connectivity index (χ0n) is 16.3. The fraction of sp³-hybridized carbons (Fsp3) is 0. The molecule has 0 fully saturated rings. The number of benzene rings is 2. The van der Waals surface area contributed by atoms with E-state index in [0.29, 0.717) is 22.3 Å². The van der Waals surface area contributed by atoms with Gasteiger partial charge in [0.15, 0.2) is 0 Å². The SMILES string of the molecule is Clc1ccnc(Cl)n1.Fc1ccc(Nc2ccnc(Cl)n2)cc1Cl.Nc1ccc(F)c(Cl)c1. The molecule has 6 nitrogen and oxygen atoms in total. The van der Waals surface area contributed by atoms with E-state index in [0.717, 1.165) is 0 Å². The Hall–Kier alpha value is -2.49. The van der Waals surface area contributed by atoms with E-state index in [9.17, 15) is 8.78 Å². The number of halogens is 7. The predicted octanol–water partition coefficient (Wildman–Crippen LogP) is 7.51. The van der Waals surface area contributed by atoms with E-state index >= 15 is 0 Å². The highest BCUT2D eigenvalue weighted by atomic mass is 35.5. The Balaban J connectivity index is 0.000000192. The number of nitrogen functional groups attached to an aromatic ring is 1. The van der Waals surface area contributed by atoms with E-state index in [4.69, 9.17) is 63.7 Å². The van der Waals surface area contributed by atoms with Gasteiger partial charge in [-0.05, 0) is 71.7 Å². The summed E-state index contributed by atoms with van der Waals surface area (Å²) >= 11 is 27.4. The van der Waals surface area contributed by atoms with Crippen LogP contribution in [0.4, 0.5) is 26.0 Å². The van der Waals surface area contributed by atoms with Gasteiger partial charge in [-0.3, -0.25) is 0 Å². The highest BCUT2D eigenvalue weighted by Gasteiger charge is 2.02. The van der Waals surface area contributed by atoms with Crippen LogP contribution in [-0.2, 0) is 0 Å². The first-order chi connectivity index (χ1) is 15.6. The Morgan fingerprint density at radius 1 is 0.697 bits per heavy atom. The van der Waals surface area contributed by atoms with Crippen LogP contribution in [0.3, 0.4) is 0 Å². The average molecular weight is 553 g/mol. The zero-order chi connectivity index (χ0) is 24.4. The Morgan fingerprint density at radius 2 is 1.27 bits per heavy atom. The van der Waals surface area contributed by atoms with E-state index in [1.807, 2.05) is 0 Å². The van der Waals surface area contributed by atoms with Gasteiger partial charge in [-0.15, -0.1) is 0 Å². The molecule has 0 aliphatic rings. The first-order valence-corrected chi connectivity index (χ1v) is 10.6. The molecule has 2 heterocycles. The summed E-state index contributed by atoms with van der Waals surface area (Å²) in [6.07, 6.45) is 3.01. The van der Waals surface area contributed by atoms with E-state index in [2.05, 4.69) is 25.3 Å². The molecule has 13 heteroatoms. The monoisotopic (exact) mass is 550 g/mol. The van der Waals surface area contributed by atoms with Crippen LogP contribution in [-0.4, -0.2) is 19.9 Å². The third kappa shape index (κ3) is 9.89. The van der Waals surface area contributed by atoms with Crippen molar-refractivity contribution in [2.45, 2.75) is 0 Å². The number of aromatic nitrogens is 4. The number of anilines is 3. The molecule has 0 spiro atoms. The standard InChI is InChI=1S/C10H6Cl2FN3.C6H5ClFN.C4H2Cl2N2/c11-7-5-6(1-2-8(7)13)15-9-3-4-14-10(12)16-9;7-5-3-4(9)1-2-6(5)8;5-3-1-2-7-4(6)8-3/h1-5H,(H,14,15,16);1-3H,9H2;1-2H. The van der Waals surface area contributed by atoms with Crippen LogP contribution in [0.25, 0.3) is 0 Å². The summed E-state index contributed by atoms with van der Waals surface area (Å²) in [5.74, 6) is -0.388. The second kappa shape index (κ2) is 13.3. The van der Waals surface area contributed by atoms with E-state index in [-0.39, 0.29) is 20.6 Å². The minimum atomic E-state index is -0.465. The molecule has 0 amide bonds. The maximum Gasteiger partial charge on any atom is 0.224 e. The van der Waals surface area contributed by atoms with Crippen molar-refractivity contribution in [3.63, 3.8) is 0 Å². The van der Waals surface area contributed by atoms with Gasteiger partial charge in [-0.1, -0.05) is 34.8 Å². The predicted molar refractivity (Wildman–Crippen MR) is 130 cm³/mol. The van der Waals surface area contributed by atoms with Crippen molar-refractivity contribution < 1.29 is 8.78 Å². The van der Waals surface area contributed by atoms with Crippen molar-refractivity contribution in [1.82, 2.24) is 19.9 Å². The fourth-order valence-electron chi connectivity index (χ4n) is 1.95. The Bertz CT molecular complexity index is 1200. The van der Waals surface area contributed by atoms with Crippen molar-refractivity contribution in [2.24, 2.45) is 0 Å². The van der Waals surface area contributed by atoms with E-state index < -0.39 is 11.6 Å². The summed E-state index contributed by atoms with van der Waals surface area (Å²) in [4.78, 5) is 14.9. The van der Waals surface area contributed by atoms with E-state index in [1.54, 1.807) is 18.2 Å². The largest absolute Gasteiger partial charge is 0.399 e. The van der Waals surface area contributed by atoms with Crippen LogP contribution in [0.15, 0.2) is 60.9 Å². The quantitative estimate of drug-likeness (QED) is 0.152. The van der Waals surface area contributed by atoms with Crippen molar-refractivity contribution >= 4 is 75.2 Å². The third-order valence-electron chi connectivity index (χ3n) is 3.35. The highest BCUT2D eigenvalue weighted by molar-refractivity contribution is 6.32. The number of nitrogens with zero attached hydrogens (tertiary/aromatic N) is 4. The fourth-order valence-corrected chi connectivity index (χ4v) is 2.80. The van der Waals surface area contributed by atoms with Crippen molar-refractivity contribution in [3.8, 4) is 0 Å². The molecular formula is C20H13Cl5F2N6. The van der Waals surface area contributed by atoms with Crippen LogP contribution in [0.1, 0.15) is 0 Å². The topological polar surface area (TPSA) is 89.6 Å². The van der Waals surface area contributed by atoms with Crippen LogP contribution in [0.2, 0.25) is 25.8 Å². The minimum absolute atomic E-state index is 0.0464. The van der Waals surface area contributed by atoms with Crippen molar-refractivity contribution in [3.05, 3.63) is 98.3 Å². The Labute approximate surface area is 212 Å². The first kappa shape index (κ1) is 26.8.